The highest BCUT2D eigenvalue weighted by Gasteiger charge is 2.20. The SMILES string of the molecule is COc1ccc2sc(C(=O)Oc3ccccc3-c3ccccc3)c(Cl)c2c1. The van der Waals surface area contributed by atoms with Crippen LogP contribution in [0.25, 0.3) is 21.2 Å². The normalized spacial score (nSPS) is 10.7. The molecule has 0 saturated carbocycles. The molecule has 0 aliphatic heterocycles. The molecule has 3 nitrogen and oxygen atoms in total. The molecule has 5 heteroatoms. The van der Waals surface area contributed by atoms with Crippen LogP contribution in [0.2, 0.25) is 5.02 Å². The summed E-state index contributed by atoms with van der Waals surface area (Å²) in [4.78, 5) is 13.2. The van der Waals surface area contributed by atoms with Gasteiger partial charge in [0, 0.05) is 15.6 Å². The highest BCUT2D eigenvalue weighted by Crippen LogP contribution is 2.38. The predicted molar refractivity (Wildman–Crippen MR) is 110 cm³/mol. The molecule has 1 heterocycles. The summed E-state index contributed by atoms with van der Waals surface area (Å²) in [5.41, 5.74) is 1.83. The van der Waals surface area contributed by atoms with Crippen molar-refractivity contribution in [2.24, 2.45) is 0 Å². The van der Waals surface area contributed by atoms with Crippen molar-refractivity contribution < 1.29 is 14.3 Å². The van der Waals surface area contributed by atoms with Crippen LogP contribution in [0, 0.1) is 0 Å². The van der Waals surface area contributed by atoms with E-state index in [0.717, 1.165) is 21.2 Å². The number of hydrogen-bond donors (Lipinski definition) is 0. The summed E-state index contributed by atoms with van der Waals surface area (Å²) in [6.45, 7) is 0. The molecule has 0 unspecified atom stereocenters. The first kappa shape index (κ1) is 17.6. The van der Waals surface area contributed by atoms with E-state index in [1.165, 1.54) is 11.3 Å². The van der Waals surface area contributed by atoms with E-state index < -0.39 is 5.97 Å². The zero-order valence-electron chi connectivity index (χ0n) is 14.4. The maximum Gasteiger partial charge on any atom is 0.355 e. The van der Waals surface area contributed by atoms with E-state index in [9.17, 15) is 4.79 Å². The Bertz CT molecular complexity index is 1120. The second kappa shape index (κ2) is 7.43. The summed E-state index contributed by atoms with van der Waals surface area (Å²) >= 11 is 7.77. The van der Waals surface area contributed by atoms with Gasteiger partial charge in [0.25, 0.3) is 0 Å². The lowest BCUT2D eigenvalue weighted by Gasteiger charge is -2.09. The Morgan fingerprint density at radius 3 is 2.48 bits per heavy atom. The predicted octanol–water partition coefficient (Wildman–Crippen LogP) is 6.45. The summed E-state index contributed by atoms with van der Waals surface area (Å²) in [7, 11) is 1.59. The highest BCUT2D eigenvalue weighted by molar-refractivity contribution is 7.21. The summed E-state index contributed by atoms with van der Waals surface area (Å²) in [6.07, 6.45) is 0. The van der Waals surface area contributed by atoms with Crippen LogP contribution in [0.3, 0.4) is 0 Å². The number of rotatable bonds is 4. The van der Waals surface area contributed by atoms with Crippen LogP contribution in [-0.2, 0) is 0 Å². The third-order valence-electron chi connectivity index (χ3n) is 4.19. The zero-order valence-corrected chi connectivity index (χ0v) is 16.0. The monoisotopic (exact) mass is 394 g/mol. The first-order chi connectivity index (χ1) is 13.2. The number of methoxy groups -OCH3 is 1. The number of carbonyl (C=O) groups is 1. The number of carbonyl (C=O) groups excluding carboxylic acids is 1. The minimum absolute atomic E-state index is 0.378. The van der Waals surface area contributed by atoms with Crippen LogP contribution in [0.1, 0.15) is 9.67 Å². The molecule has 0 N–H and O–H groups in total. The standard InChI is InChI=1S/C22H15ClO3S/c1-25-15-11-12-19-17(13-15)20(23)21(27-19)22(24)26-18-10-6-5-9-16(18)14-7-3-2-4-8-14/h2-13H,1H3. The number of fused-ring (bicyclic) bond motifs is 1. The van der Waals surface area contributed by atoms with Crippen molar-refractivity contribution in [1.29, 1.82) is 0 Å². The molecule has 0 radical (unpaired) electrons. The Balaban J connectivity index is 1.70. The number of thiophene rings is 1. The summed E-state index contributed by atoms with van der Waals surface area (Å²) in [5.74, 6) is 0.722. The molecule has 4 rings (SSSR count). The van der Waals surface area contributed by atoms with E-state index in [4.69, 9.17) is 21.1 Å². The van der Waals surface area contributed by atoms with Crippen LogP contribution in [0.4, 0.5) is 0 Å². The summed E-state index contributed by atoms with van der Waals surface area (Å²) in [5, 5.41) is 1.17. The molecule has 0 atom stereocenters. The van der Waals surface area contributed by atoms with Crippen molar-refractivity contribution >= 4 is 39.0 Å². The van der Waals surface area contributed by atoms with Gasteiger partial charge in [0.15, 0.2) is 0 Å². The lowest BCUT2D eigenvalue weighted by Crippen LogP contribution is -2.07. The van der Waals surface area contributed by atoms with Gasteiger partial charge in [0.05, 0.1) is 12.1 Å². The molecule has 0 aliphatic rings. The molecule has 0 amide bonds. The van der Waals surface area contributed by atoms with E-state index in [1.54, 1.807) is 13.2 Å². The van der Waals surface area contributed by atoms with Crippen molar-refractivity contribution in [3.05, 3.63) is 82.7 Å². The first-order valence-corrected chi connectivity index (χ1v) is 9.49. The van der Waals surface area contributed by atoms with Gasteiger partial charge in [-0.05, 0) is 29.8 Å². The topological polar surface area (TPSA) is 35.5 Å². The fraction of sp³-hybridized carbons (Fsp3) is 0.0455. The quantitative estimate of drug-likeness (QED) is 0.294. The second-order valence-electron chi connectivity index (χ2n) is 5.86. The van der Waals surface area contributed by atoms with E-state index in [0.29, 0.717) is 21.4 Å². The zero-order chi connectivity index (χ0) is 18.8. The average molecular weight is 395 g/mol. The first-order valence-electron chi connectivity index (χ1n) is 8.30. The van der Waals surface area contributed by atoms with Crippen molar-refractivity contribution in [3.8, 4) is 22.6 Å². The van der Waals surface area contributed by atoms with Crippen LogP contribution >= 0.6 is 22.9 Å². The third-order valence-corrected chi connectivity index (χ3v) is 5.85. The summed E-state index contributed by atoms with van der Waals surface area (Å²) in [6, 6.07) is 22.8. The van der Waals surface area contributed by atoms with Crippen LogP contribution in [-0.4, -0.2) is 13.1 Å². The highest BCUT2D eigenvalue weighted by atomic mass is 35.5. The Morgan fingerprint density at radius 1 is 0.963 bits per heavy atom. The number of para-hydroxylation sites is 1. The van der Waals surface area contributed by atoms with Crippen LogP contribution < -0.4 is 9.47 Å². The van der Waals surface area contributed by atoms with E-state index in [-0.39, 0.29) is 0 Å². The van der Waals surface area contributed by atoms with Gasteiger partial charge in [-0.25, -0.2) is 4.79 Å². The molecule has 0 fully saturated rings. The van der Waals surface area contributed by atoms with Gasteiger partial charge in [-0.2, -0.15) is 0 Å². The van der Waals surface area contributed by atoms with Gasteiger partial charge in [0.1, 0.15) is 16.4 Å². The number of hydrogen-bond acceptors (Lipinski definition) is 4. The molecule has 0 aliphatic carbocycles. The average Bonchev–Trinajstić information content (AvgIpc) is 3.05. The van der Waals surface area contributed by atoms with Crippen LogP contribution in [0.15, 0.2) is 72.8 Å². The van der Waals surface area contributed by atoms with Crippen molar-refractivity contribution in [2.45, 2.75) is 0 Å². The lowest BCUT2D eigenvalue weighted by atomic mass is 10.1. The molecule has 3 aromatic carbocycles. The van der Waals surface area contributed by atoms with Crippen molar-refractivity contribution in [2.75, 3.05) is 7.11 Å². The molecule has 4 aromatic rings. The van der Waals surface area contributed by atoms with E-state index in [1.807, 2.05) is 66.7 Å². The molecule has 134 valence electrons. The van der Waals surface area contributed by atoms with Crippen LogP contribution in [0.5, 0.6) is 11.5 Å². The molecule has 0 saturated heterocycles. The Morgan fingerprint density at radius 2 is 1.70 bits per heavy atom. The lowest BCUT2D eigenvalue weighted by molar-refractivity contribution is 0.0741. The molecule has 0 bridgehead atoms. The second-order valence-corrected chi connectivity index (χ2v) is 7.29. The molecule has 1 aromatic heterocycles. The Labute approximate surface area is 165 Å². The molecular weight excluding hydrogens is 380 g/mol. The maximum atomic E-state index is 12.8. The number of ether oxygens (including phenoxy) is 2. The molecule has 27 heavy (non-hydrogen) atoms. The van der Waals surface area contributed by atoms with Crippen molar-refractivity contribution in [3.63, 3.8) is 0 Å². The number of esters is 1. The Kier molecular flexibility index (Phi) is 4.84. The number of halogens is 1. The van der Waals surface area contributed by atoms with Gasteiger partial charge in [0.2, 0.25) is 0 Å². The van der Waals surface area contributed by atoms with Gasteiger partial charge in [-0.3, -0.25) is 0 Å². The fourth-order valence-electron chi connectivity index (χ4n) is 2.86. The van der Waals surface area contributed by atoms with Crippen molar-refractivity contribution in [1.82, 2.24) is 0 Å². The third kappa shape index (κ3) is 3.42. The fourth-order valence-corrected chi connectivity index (χ4v) is 4.22. The molecular formula is C22H15ClO3S. The van der Waals surface area contributed by atoms with Gasteiger partial charge in [-0.15, -0.1) is 11.3 Å². The number of benzene rings is 3. The minimum atomic E-state index is -0.469. The minimum Gasteiger partial charge on any atom is -0.497 e. The van der Waals surface area contributed by atoms with Gasteiger partial charge in [-0.1, -0.05) is 60.1 Å². The van der Waals surface area contributed by atoms with Gasteiger partial charge < -0.3 is 9.47 Å². The van der Waals surface area contributed by atoms with Gasteiger partial charge >= 0.3 is 5.97 Å². The molecule has 0 spiro atoms. The maximum absolute atomic E-state index is 12.8. The van der Waals surface area contributed by atoms with E-state index in [2.05, 4.69) is 0 Å². The Hall–Kier alpha value is -2.82. The summed E-state index contributed by atoms with van der Waals surface area (Å²) < 4.78 is 11.9. The smallest absolute Gasteiger partial charge is 0.355 e. The van der Waals surface area contributed by atoms with E-state index >= 15 is 0 Å². The largest absolute Gasteiger partial charge is 0.497 e.